The monoisotopic (exact) mass is 870 g/mol. The number of hydrogen-bond donors (Lipinski definition) is 2. The highest BCUT2D eigenvalue weighted by molar-refractivity contribution is 7.95. The van der Waals surface area contributed by atoms with Gasteiger partial charge in [-0.15, -0.1) is 11.3 Å². The molecule has 0 saturated heterocycles. The summed E-state index contributed by atoms with van der Waals surface area (Å²) in [6, 6.07) is 0.732. The number of nitrogens with one attached hydrogen (secondary N) is 2. The van der Waals surface area contributed by atoms with Gasteiger partial charge >= 0.3 is 41.8 Å². The predicted octanol–water partition coefficient (Wildman–Crippen LogP) is 0.311. The van der Waals surface area contributed by atoms with Gasteiger partial charge in [-0.25, -0.2) is 50.3 Å². The smallest absolute Gasteiger partial charge is 0.347 e. The van der Waals surface area contributed by atoms with Gasteiger partial charge in [-0.05, 0) is 74.4 Å². The Morgan fingerprint density at radius 2 is 1.04 bits per heavy atom. The fourth-order valence-electron chi connectivity index (χ4n) is 4.65. The van der Waals surface area contributed by atoms with Gasteiger partial charge in [0.2, 0.25) is 0 Å². The lowest BCUT2D eigenvalue weighted by atomic mass is 10.1. The molecule has 7 unspecified atom stereocenters. The van der Waals surface area contributed by atoms with Crippen LogP contribution in [0.15, 0.2) is 14.5 Å². The molecule has 2 N–H and O–H groups in total. The van der Waals surface area contributed by atoms with E-state index in [1.54, 1.807) is 11.6 Å². The van der Waals surface area contributed by atoms with Gasteiger partial charge in [0.25, 0.3) is 15.9 Å². The number of carbonyl (C=O) groups excluding carboxylic acids is 8. The summed E-state index contributed by atoms with van der Waals surface area (Å²) in [5, 5.41) is 2.34. The third kappa shape index (κ3) is 13.2. The molecular weight excluding hydrogens is 825 g/mol. The van der Waals surface area contributed by atoms with Gasteiger partial charge in [0.1, 0.15) is 8.42 Å². The van der Waals surface area contributed by atoms with Crippen LogP contribution in [-0.4, -0.2) is 119 Å². The lowest BCUT2D eigenvalue weighted by Gasteiger charge is -2.27. The molecule has 1 aliphatic rings. The summed E-state index contributed by atoms with van der Waals surface area (Å²) < 4.78 is 87.2. The van der Waals surface area contributed by atoms with E-state index < -0.39 is 126 Å². The number of esters is 7. The number of carbonyl (C=O) groups is 8. The first-order valence-corrected chi connectivity index (χ1v) is 21.2. The molecule has 0 radical (unpaired) electrons. The topological polar surface area (TPSA) is 294 Å². The number of sulfone groups is 1. The zero-order chi connectivity index (χ0) is 43.7. The summed E-state index contributed by atoms with van der Waals surface area (Å²) in [5.74, 6) is -9.36. The molecule has 2 heterocycles. The Bertz CT molecular complexity index is 1940. The Labute approximate surface area is 332 Å². The highest BCUT2D eigenvalue weighted by atomic mass is 32.3. The molecule has 1 aromatic rings. The van der Waals surface area contributed by atoms with E-state index in [-0.39, 0.29) is 16.2 Å². The Kier molecular flexibility index (Phi) is 17.1. The van der Waals surface area contributed by atoms with Crippen LogP contribution in [-0.2, 0) is 91.4 Å². The first-order chi connectivity index (χ1) is 26.2. The van der Waals surface area contributed by atoms with E-state index in [0.29, 0.717) is 17.9 Å². The second kappa shape index (κ2) is 20.1. The van der Waals surface area contributed by atoms with Crippen LogP contribution in [0.4, 0.5) is 0 Å². The highest BCUT2D eigenvalue weighted by Gasteiger charge is 2.40. The second-order valence-electron chi connectivity index (χ2n) is 12.7. The second-order valence-corrected chi connectivity index (χ2v) is 18.2. The van der Waals surface area contributed by atoms with Crippen LogP contribution in [0.25, 0.3) is 0 Å². The summed E-state index contributed by atoms with van der Waals surface area (Å²) >= 11 is 0.482. The minimum absolute atomic E-state index is 0.137. The maximum absolute atomic E-state index is 13.1. The molecule has 1 aromatic heterocycles. The first kappa shape index (κ1) is 48.5. The maximum Gasteiger partial charge on any atom is 0.347 e. The van der Waals surface area contributed by atoms with Crippen LogP contribution in [0.5, 0.6) is 0 Å². The quantitative estimate of drug-likeness (QED) is 0.148. The van der Waals surface area contributed by atoms with Crippen molar-refractivity contribution in [3.63, 3.8) is 0 Å². The molecule has 1 aliphatic heterocycles. The molecule has 320 valence electrons. The van der Waals surface area contributed by atoms with Crippen molar-refractivity contribution in [1.82, 2.24) is 10.0 Å². The number of amides is 1. The van der Waals surface area contributed by atoms with E-state index >= 15 is 0 Å². The maximum atomic E-state index is 13.1. The van der Waals surface area contributed by atoms with E-state index in [1.165, 1.54) is 19.9 Å². The number of rotatable bonds is 18. The van der Waals surface area contributed by atoms with E-state index in [0.717, 1.165) is 48.5 Å². The number of sulfonamides is 1. The predicted molar refractivity (Wildman–Crippen MR) is 192 cm³/mol. The highest BCUT2D eigenvalue weighted by Crippen LogP contribution is 2.42. The molecule has 0 fully saturated rings. The molecule has 24 heteroatoms. The van der Waals surface area contributed by atoms with Crippen molar-refractivity contribution in [3.8, 4) is 0 Å². The molecule has 2 rings (SSSR count). The van der Waals surface area contributed by atoms with Crippen LogP contribution in [0.2, 0.25) is 0 Å². The van der Waals surface area contributed by atoms with Crippen molar-refractivity contribution in [2.75, 3.05) is 6.54 Å². The van der Waals surface area contributed by atoms with E-state index in [4.69, 9.17) is 28.4 Å². The number of thiophene rings is 1. The van der Waals surface area contributed by atoms with Crippen molar-refractivity contribution in [1.29, 1.82) is 0 Å². The Morgan fingerprint density at radius 3 is 1.39 bits per heavy atom. The zero-order valence-corrected chi connectivity index (χ0v) is 35.1. The number of ether oxygens (including phenoxy) is 7. The summed E-state index contributed by atoms with van der Waals surface area (Å²) in [5.41, 5.74) is 0.259. The molecule has 0 aromatic carbocycles. The minimum atomic E-state index is -4.62. The van der Waals surface area contributed by atoms with Crippen LogP contribution in [0.3, 0.4) is 0 Å². The van der Waals surface area contributed by atoms with E-state index in [1.807, 2.05) is 0 Å². The minimum Gasteiger partial charge on any atom is -0.451 e. The van der Waals surface area contributed by atoms with Crippen molar-refractivity contribution < 1.29 is 88.3 Å². The van der Waals surface area contributed by atoms with E-state index in [9.17, 15) is 55.2 Å². The molecule has 1 amide bonds. The molecule has 0 bridgehead atoms. The van der Waals surface area contributed by atoms with Crippen LogP contribution in [0.1, 0.15) is 87.3 Å². The number of hydrogen-bond acceptors (Lipinski definition) is 21. The average Bonchev–Trinajstić information content (AvgIpc) is 3.58. The normalized spacial score (nSPS) is 19.6. The van der Waals surface area contributed by atoms with Crippen molar-refractivity contribution in [3.05, 3.63) is 11.6 Å². The molecule has 21 nitrogen and oxygen atoms in total. The third-order valence-electron chi connectivity index (χ3n) is 7.84. The molecule has 0 spiro atoms. The summed E-state index contributed by atoms with van der Waals surface area (Å²) in [7, 11) is -8.44. The van der Waals surface area contributed by atoms with Gasteiger partial charge < -0.3 is 38.5 Å². The molecule has 0 aliphatic carbocycles. The summed E-state index contributed by atoms with van der Waals surface area (Å²) in [6.07, 6.45) is -11.0. The lowest BCUT2D eigenvalue weighted by Crippen LogP contribution is -2.42. The lowest BCUT2D eigenvalue weighted by molar-refractivity contribution is -0.188. The summed E-state index contributed by atoms with van der Waals surface area (Å²) in [4.78, 5) is 97.9. The number of fused-ring (bicyclic) bond motifs is 1. The van der Waals surface area contributed by atoms with Crippen LogP contribution in [0, 0.1) is 0 Å². The van der Waals surface area contributed by atoms with E-state index in [2.05, 4.69) is 10.1 Å². The standard InChI is InChI=1S/C33H46N2O19S3/c1-11-34-24-12-14(2)56(44,45)33-23(24)13-25(55-33)57(46,47)35-26(37)15(3)49-28(39)17(5)51-30(41)19(7)53-32(43)21(9)54-31(42)20(8)52-29(40)18(6)50-27(38)16(4)48-22(10)36/h13-21,24,34H,11-12H2,1-10H3,(H,35,37)/t14-,15?,16?,17?,18?,19?,20?,21?,24-/m0/s1. The van der Waals surface area contributed by atoms with Gasteiger partial charge in [-0.2, -0.15) is 0 Å². The van der Waals surface area contributed by atoms with Crippen molar-refractivity contribution in [2.45, 2.75) is 138 Å². The average molecular weight is 871 g/mol. The van der Waals surface area contributed by atoms with Gasteiger partial charge in [0.05, 0.1) is 5.25 Å². The van der Waals surface area contributed by atoms with Crippen LogP contribution >= 0.6 is 11.3 Å². The molecular formula is C33H46N2O19S3. The zero-order valence-electron chi connectivity index (χ0n) is 32.7. The van der Waals surface area contributed by atoms with Crippen molar-refractivity contribution >= 4 is 78.9 Å². The molecule has 0 saturated carbocycles. The van der Waals surface area contributed by atoms with Gasteiger partial charge in [-0.1, -0.05) is 6.92 Å². The first-order valence-electron chi connectivity index (χ1n) is 17.3. The fraction of sp³-hybridized carbons (Fsp3) is 0.636. The SMILES string of the molecule is CCN[C@H]1C[C@H](C)S(=O)(=O)c2sc(S(=O)(=O)NC(=O)C(C)OC(=O)C(C)OC(=O)C(C)OC(=O)C(C)OC(=O)C(C)OC(=O)C(C)OC(=O)C(C)OC(C)=O)cc21. The van der Waals surface area contributed by atoms with Crippen LogP contribution < -0.4 is 10.0 Å². The molecule has 9 atom stereocenters. The Hall–Kier alpha value is -4.68. The van der Waals surface area contributed by atoms with Gasteiger partial charge in [0.15, 0.2) is 52.6 Å². The van der Waals surface area contributed by atoms with Gasteiger partial charge in [-0.3, -0.25) is 9.59 Å². The summed E-state index contributed by atoms with van der Waals surface area (Å²) in [6.45, 7) is 12.5. The Balaban J connectivity index is 1.89. The van der Waals surface area contributed by atoms with Gasteiger partial charge in [0, 0.05) is 18.5 Å². The fourth-order valence-corrected chi connectivity index (χ4v) is 9.69. The van der Waals surface area contributed by atoms with Crippen molar-refractivity contribution in [2.24, 2.45) is 0 Å². The molecule has 57 heavy (non-hydrogen) atoms. The largest absolute Gasteiger partial charge is 0.451 e. The Morgan fingerprint density at radius 1 is 0.684 bits per heavy atom. The third-order valence-corrected chi connectivity index (χ3v) is 13.6.